The zero-order valence-corrected chi connectivity index (χ0v) is 16.4. The molecule has 0 fully saturated rings. The molecule has 0 atom stereocenters. The number of amides is 1. The van der Waals surface area contributed by atoms with Crippen LogP contribution in [0.3, 0.4) is 0 Å². The van der Waals surface area contributed by atoms with Gasteiger partial charge >= 0.3 is 0 Å². The van der Waals surface area contributed by atoms with Crippen molar-refractivity contribution in [3.8, 4) is 0 Å². The number of thioether (sulfide) groups is 1. The molecule has 5 nitrogen and oxygen atoms in total. The monoisotopic (exact) mass is 360 g/mol. The molecule has 0 radical (unpaired) electrons. The molecule has 136 valence electrons. The van der Waals surface area contributed by atoms with Crippen LogP contribution in [0.4, 0.5) is 0 Å². The van der Waals surface area contributed by atoms with Crippen LogP contribution >= 0.6 is 11.8 Å². The van der Waals surface area contributed by atoms with Crippen LogP contribution in [0, 0.1) is 12.8 Å². The highest BCUT2D eigenvalue weighted by Gasteiger charge is 2.12. The van der Waals surface area contributed by atoms with Gasteiger partial charge in [-0.1, -0.05) is 49.9 Å². The number of nitrogens with zero attached hydrogens (tertiary/aromatic N) is 3. The van der Waals surface area contributed by atoms with Crippen LogP contribution < -0.4 is 5.32 Å². The van der Waals surface area contributed by atoms with Gasteiger partial charge in [0.25, 0.3) is 0 Å². The van der Waals surface area contributed by atoms with Gasteiger partial charge in [-0.3, -0.25) is 4.79 Å². The predicted octanol–water partition coefficient (Wildman–Crippen LogP) is 3.26. The average Bonchev–Trinajstić information content (AvgIpc) is 2.95. The summed E-state index contributed by atoms with van der Waals surface area (Å²) in [6, 6.07) is 8.01. The molecule has 0 saturated carbocycles. The van der Waals surface area contributed by atoms with Crippen molar-refractivity contribution in [1.82, 2.24) is 20.1 Å². The van der Waals surface area contributed by atoms with Gasteiger partial charge in [-0.05, 0) is 36.6 Å². The van der Waals surface area contributed by atoms with Crippen LogP contribution in [0.2, 0.25) is 0 Å². The average molecular weight is 361 g/mol. The Morgan fingerprint density at radius 3 is 2.72 bits per heavy atom. The van der Waals surface area contributed by atoms with Gasteiger partial charge in [0.1, 0.15) is 5.82 Å². The minimum atomic E-state index is 0.0720. The molecule has 2 aromatic rings. The van der Waals surface area contributed by atoms with Crippen molar-refractivity contribution in [3.05, 3.63) is 41.2 Å². The van der Waals surface area contributed by atoms with Crippen molar-refractivity contribution in [2.45, 2.75) is 51.7 Å². The third-order valence-corrected chi connectivity index (χ3v) is 4.70. The Kier molecular flexibility index (Phi) is 7.50. The second kappa shape index (κ2) is 9.61. The molecule has 0 unspecified atom stereocenters. The fourth-order valence-corrected chi connectivity index (χ4v) is 3.24. The van der Waals surface area contributed by atoms with Crippen molar-refractivity contribution >= 4 is 17.7 Å². The molecule has 0 aliphatic heterocycles. The zero-order chi connectivity index (χ0) is 18.2. The minimum Gasteiger partial charge on any atom is -0.356 e. The van der Waals surface area contributed by atoms with E-state index < -0.39 is 0 Å². The quantitative estimate of drug-likeness (QED) is 0.551. The summed E-state index contributed by atoms with van der Waals surface area (Å²) >= 11 is 1.62. The second-order valence-electron chi connectivity index (χ2n) is 6.66. The van der Waals surface area contributed by atoms with Gasteiger partial charge in [0.2, 0.25) is 5.91 Å². The Morgan fingerprint density at radius 2 is 2.04 bits per heavy atom. The van der Waals surface area contributed by atoms with Crippen LogP contribution in [-0.2, 0) is 24.2 Å². The summed E-state index contributed by atoms with van der Waals surface area (Å²) < 4.78 is 2.20. The molecule has 0 aliphatic rings. The molecule has 0 saturated heterocycles. The molecule has 2 rings (SSSR count). The summed E-state index contributed by atoms with van der Waals surface area (Å²) in [4.78, 5) is 12.1. The van der Waals surface area contributed by atoms with E-state index in [0.717, 1.165) is 41.5 Å². The maximum absolute atomic E-state index is 12.1. The van der Waals surface area contributed by atoms with E-state index in [0.29, 0.717) is 18.9 Å². The topological polar surface area (TPSA) is 59.8 Å². The van der Waals surface area contributed by atoms with E-state index in [1.54, 1.807) is 11.8 Å². The number of carbonyl (C=O) groups is 1. The maximum Gasteiger partial charge on any atom is 0.224 e. The number of nitrogens with one attached hydrogen (secondary N) is 1. The van der Waals surface area contributed by atoms with E-state index in [1.807, 2.05) is 37.4 Å². The van der Waals surface area contributed by atoms with Gasteiger partial charge in [0.15, 0.2) is 5.16 Å². The van der Waals surface area contributed by atoms with Gasteiger partial charge in [0.05, 0.1) is 6.42 Å². The highest BCUT2D eigenvalue weighted by molar-refractivity contribution is 7.98. The van der Waals surface area contributed by atoms with Crippen molar-refractivity contribution in [2.75, 3.05) is 12.8 Å². The molecule has 0 spiro atoms. The number of benzene rings is 1. The number of aryl methyl sites for hydroxylation is 2. The summed E-state index contributed by atoms with van der Waals surface area (Å²) in [5.74, 6) is 1.63. The third kappa shape index (κ3) is 5.88. The molecule has 1 aromatic heterocycles. The van der Waals surface area contributed by atoms with E-state index in [-0.39, 0.29) is 5.91 Å². The number of aromatic nitrogens is 3. The van der Waals surface area contributed by atoms with Gasteiger partial charge < -0.3 is 9.88 Å². The van der Waals surface area contributed by atoms with Crippen LogP contribution in [0.15, 0.2) is 29.4 Å². The van der Waals surface area contributed by atoms with Crippen LogP contribution in [0.1, 0.15) is 37.2 Å². The molecular weight excluding hydrogens is 332 g/mol. The maximum atomic E-state index is 12.1. The Balaban J connectivity index is 1.80. The lowest BCUT2D eigenvalue weighted by Gasteiger charge is -2.12. The summed E-state index contributed by atoms with van der Waals surface area (Å²) in [6.45, 7) is 8.01. The lowest BCUT2D eigenvalue weighted by molar-refractivity contribution is -0.120. The highest BCUT2D eigenvalue weighted by atomic mass is 32.2. The van der Waals surface area contributed by atoms with Crippen LogP contribution in [0.25, 0.3) is 0 Å². The predicted molar refractivity (Wildman–Crippen MR) is 103 cm³/mol. The third-order valence-electron chi connectivity index (χ3n) is 4.04. The lowest BCUT2D eigenvalue weighted by Crippen LogP contribution is -2.26. The normalized spacial score (nSPS) is 11.1. The smallest absolute Gasteiger partial charge is 0.224 e. The Bertz CT molecular complexity index is 696. The van der Waals surface area contributed by atoms with Crippen molar-refractivity contribution < 1.29 is 4.79 Å². The Labute approximate surface area is 154 Å². The number of carbonyl (C=O) groups excluding carboxylic acids is 1. The Hall–Kier alpha value is -1.82. The first kappa shape index (κ1) is 19.5. The molecule has 1 N–H and O–H groups in total. The molecule has 1 aromatic carbocycles. The minimum absolute atomic E-state index is 0.0720. The van der Waals surface area contributed by atoms with Gasteiger partial charge in [0, 0.05) is 19.5 Å². The highest BCUT2D eigenvalue weighted by Crippen LogP contribution is 2.16. The summed E-state index contributed by atoms with van der Waals surface area (Å²) in [5, 5.41) is 12.5. The largest absolute Gasteiger partial charge is 0.356 e. The molecule has 0 bridgehead atoms. The first-order valence-corrected chi connectivity index (χ1v) is 10.0. The molecule has 25 heavy (non-hydrogen) atoms. The first-order valence-electron chi connectivity index (χ1n) is 8.78. The SMILES string of the molecule is CSc1nnc(CCCNC(=O)Cc2ccccc2C)n1CC(C)C. The van der Waals surface area contributed by atoms with E-state index in [4.69, 9.17) is 0 Å². The molecule has 0 aliphatic carbocycles. The number of rotatable bonds is 9. The molecule has 1 heterocycles. The second-order valence-corrected chi connectivity index (χ2v) is 7.44. The fourth-order valence-electron chi connectivity index (χ4n) is 2.72. The van der Waals surface area contributed by atoms with Crippen molar-refractivity contribution in [2.24, 2.45) is 5.92 Å². The number of hydrogen-bond acceptors (Lipinski definition) is 4. The van der Waals surface area contributed by atoms with E-state index >= 15 is 0 Å². The van der Waals surface area contributed by atoms with Crippen LogP contribution in [0.5, 0.6) is 0 Å². The van der Waals surface area contributed by atoms with Gasteiger partial charge in [-0.25, -0.2) is 0 Å². The molecule has 1 amide bonds. The Morgan fingerprint density at radius 1 is 1.28 bits per heavy atom. The fraction of sp³-hybridized carbons (Fsp3) is 0.526. The van der Waals surface area contributed by atoms with Crippen molar-refractivity contribution in [3.63, 3.8) is 0 Å². The first-order chi connectivity index (χ1) is 12.0. The van der Waals surface area contributed by atoms with Gasteiger partial charge in [-0.15, -0.1) is 10.2 Å². The molecule has 6 heteroatoms. The molecular formula is C19H28N4OS. The van der Waals surface area contributed by atoms with E-state index in [2.05, 4.69) is 33.9 Å². The van der Waals surface area contributed by atoms with Gasteiger partial charge in [-0.2, -0.15) is 0 Å². The van der Waals surface area contributed by atoms with Crippen molar-refractivity contribution in [1.29, 1.82) is 0 Å². The number of hydrogen-bond donors (Lipinski definition) is 1. The summed E-state index contributed by atoms with van der Waals surface area (Å²) in [7, 11) is 0. The van der Waals surface area contributed by atoms with E-state index in [1.165, 1.54) is 0 Å². The summed E-state index contributed by atoms with van der Waals surface area (Å²) in [5.41, 5.74) is 2.24. The van der Waals surface area contributed by atoms with E-state index in [9.17, 15) is 4.79 Å². The zero-order valence-electron chi connectivity index (χ0n) is 15.6. The standard InChI is InChI=1S/C19H28N4OS/c1-14(2)13-23-17(21-22-19(23)25-4)10-7-11-20-18(24)12-16-9-6-5-8-15(16)3/h5-6,8-9,14H,7,10-13H2,1-4H3,(H,20,24). The lowest BCUT2D eigenvalue weighted by atomic mass is 10.1. The van der Waals surface area contributed by atoms with Crippen LogP contribution in [-0.4, -0.2) is 33.5 Å². The summed E-state index contributed by atoms with van der Waals surface area (Å²) in [6.07, 6.45) is 4.15.